The molecule has 2 nitrogen and oxygen atoms in total. The lowest BCUT2D eigenvalue weighted by Crippen LogP contribution is -2.56. The molecule has 2 aliphatic rings. The molecular weight excluding hydrogens is 172 g/mol. The van der Waals surface area contributed by atoms with Crippen LogP contribution in [0.4, 0.5) is 0 Å². The van der Waals surface area contributed by atoms with E-state index in [9.17, 15) is 0 Å². The van der Waals surface area contributed by atoms with Crippen molar-refractivity contribution in [3.63, 3.8) is 0 Å². The zero-order chi connectivity index (χ0) is 10.2. The SMILES string of the molecule is CC1(C)CCCCN1C1CCCC1N. The normalized spacial score (nSPS) is 38.8. The largest absolute Gasteiger partial charge is 0.326 e. The molecule has 0 spiro atoms. The molecule has 1 saturated carbocycles. The molecule has 2 rings (SSSR count). The summed E-state index contributed by atoms with van der Waals surface area (Å²) in [7, 11) is 0. The minimum absolute atomic E-state index is 0.394. The smallest absolute Gasteiger partial charge is 0.0252 e. The van der Waals surface area contributed by atoms with Crippen LogP contribution in [0.2, 0.25) is 0 Å². The monoisotopic (exact) mass is 196 g/mol. The molecule has 1 aliphatic carbocycles. The molecule has 1 saturated heterocycles. The van der Waals surface area contributed by atoms with Gasteiger partial charge in [0.05, 0.1) is 0 Å². The average Bonchev–Trinajstić information content (AvgIpc) is 2.51. The van der Waals surface area contributed by atoms with Gasteiger partial charge in [-0.05, 0) is 46.1 Å². The highest BCUT2D eigenvalue weighted by molar-refractivity contribution is 4.96. The fraction of sp³-hybridized carbons (Fsp3) is 1.00. The number of nitrogens with two attached hydrogens (primary N) is 1. The van der Waals surface area contributed by atoms with Crippen LogP contribution < -0.4 is 5.73 Å². The van der Waals surface area contributed by atoms with Crippen LogP contribution in [0.25, 0.3) is 0 Å². The van der Waals surface area contributed by atoms with E-state index in [1.54, 1.807) is 0 Å². The van der Waals surface area contributed by atoms with E-state index >= 15 is 0 Å². The Bertz CT molecular complexity index is 200. The van der Waals surface area contributed by atoms with Gasteiger partial charge in [-0.25, -0.2) is 0 Å². The van der Waals surface area contributed by atoms with Gasteiger partial charge in [-0.2, -0.15) is 0 Å². The van der Waals surface area contributed by atoms with Crippen LogP contribution in [0, 0.1) is 0 Å². The number of likely N-dealkylation sites (tertiary alicyclic amines) is 1. The zero-order valence-electron chi connectivity index (χ0n) is 9.63. The van der Waals surface area contributed by atoms with Crippen molar-refractivity contribution in [1.82, 2.24) is 4.90 Å². The van der Waals surface area contributed by atoms with Gasteiger partial charge in [0.15, 0.2) is 0 Å². The Morgan fingerprint density at radius 3 is 2.50 bits per heavy atom. The Balaban J connectivity index is 2.07. The highest BCUT2D eigenvalue weighted by Gasteiger charge is 2.38. The summed E-state index contributed by atoms with van der Waals surface area (Å²) in [5.41, 5.74) is 6.58. The molecule has 0 amide bonds. The first-order valence-electron chi connectivity index (χ1n) is 6.13. The minimum atomic E-state index is 0.394. The summed E-state index contributed by atoms with van der Waals surface area (Å²) in [4.78, 5) is 2.69. The third kappa shape index (κ3) is 1.82. The summed E-state index contributed by atoms with van der Waals surface area (Å²) in [5, 5.41) is 0. The Morgan fingerprint density at radius 2 is 1.93 bits per heavy atom. The summed E-state index contributed by atoms with van der Waals surface area (Å²) in [6, 6.07) is 1.11. The quantitative estimate of drug-likeness (QED) is 0.696. The van der Waals surface area contributed by atoms with Crippen LogP contribution >= 0.6 is 0 Å². The van der Waals surface area contributed by atoms with Gasteiger partial charge in [0.25, 0.3) is 0 Å². The van der Waals surface area contributed by atoms with Crippen molar-refractivity contribution in [1.29, 1.82) is 0 Å². The standard InChI is InChI=1S/C12H24N2/c1-12(2)8-3-4-9-14(12)11-7-5-6-10(11)13/h10-11H,3-9,13H2,1-2H3. The number of hydrogen-bond donors (Lipinski definition) is 1. The summed E-state index contributed by atoms with van der Waals surface area (Å²) in [6.45, 7) is 6.04. The maximum absolute atomic E-state index is 6.19. The Kier molecular flexibility index (Phi) is 2.85. The van der Waals surface area contributed by atoms with E-state index in [-0.39, 0.29) is 0 Å². The van der Waals surface area contributed by atoms with Gasteiger partial charge in [0.2, 0.25) is 0 Å². The average molecular weight is 196 g/mol. The minimum Gasteiger partial charge on any atom is -0.326 e. The number of nitrogens with zero attached hydrogens (tertiary/aromatic N) is 1. The summed E-state index contributed by atoms with van der Waals surface area (Å²) < 4.78 is 0. The predicted octanol–water partition coefficient (Wildman–Crippen LogP) is 2.13. The molecule has 1 heterocycles. The summed E-state index contributed by atoms with van der Waals surface area (Å²) in [5.74, 6) is 0. The topological polar surface area (TPSA) is 29.3 Å². The van der Waals surface area contributed by atoms with Gasteiger partial charge in [-0.3, -0.25) is 4.90 Å². The van der Waals surface area contributed by atoms with Gasteiger partial charge in [0, 0.05) is 17.6 Å². The molecule has 1 aliphatic heterocycles. The molecule has 82 valence electrons. The van der Waals surface area contributed by atoms with Crippen molar-refractivity contribution in [3.05, 3.63) is 0 Å². The van der Waals surface area contributed by atoms with Crippen LogP contribution in [0.1, 0.15) is 52.4 Å². The van der Waals surface area contributed by atoms with Gasteiger partial charge in [0.1, 0.15) is 0 Å². The van der Waals surface area contributed by atoms with Crippen molar-refractivity contribution in [3.8, 4) is 0 Å². The van der Waals surface area contributed by atoms with Gasteiger partial charge < -0.3 is 5.73 Å². The molecule has 0 aromatic heterocycles. The van der Waals surface area contributed by atoms with Crippen molar-refractivity contribution in [2.45, 2.75) is 70.0 Å². The van der Waals surface area contributed by atoms with Crippen LogP contribution in [0.5, 0.6) is 0 Å². The summed E-state index contributed by atoms with van der Waals surface area (Å²) in [6.07, 6.45) is 7.99. The lowest BCUT2D eigenvalue weighted by molar-refractivity contribution is 0.0296. The molecule has 2 heteroatoms. The molecular formula is C12H24N2. The number of piperidine rings is 1. The van der Waals surface area contributed by atoms with E-state index in [0.29, 0.717) is 17.6 Å². The molecule has 2 fully saturated rings. The molecule has 0 aromatic rings. The Labute approximate surface area is 87.8 Å². The van der Waals surface area contributed by atoms with Gasteiger partial charge in [-0.1, -0.05) is 12.8 Å². The third-order valence-electron chi connectivity index (χ3n) is 4.15. The van der Waals surface area contributed by atoms with Gasteiger partial charge >= 0.3 is 0 Å². The predicted molar refractivity (Wildman–Crippen MR) is 60.3 cm³/mol. The fourth-order valence-corrected chi connectivity index (χ4v) is 3.26. The van der Waals surface area contributed by atoms with E-state index in [1.807, 2.05) is 0 Å². The van der Waals surface area contributed by atoms with Crippen molar-refractivity contribution >= 4 is 0 Å². The second-order valence-corrected chi connectivity index (χ2v) is 5.63. The van der Waals surface area contributed by atoms with Crippen LogP contribution in [-0.4, -0.2) is 29.1 Å². The Hall–Kier alpha value is -0.0800. The Morgan fingerprint density at radius 1 is 1.14 bits per heavy atom. The molecule has 2 atom stereocenters. The van der Waals surface area contributed by atoms with Gasteiger partial charge in [-0.15, -0.1) is 0 Å². The maximum atomic E-state index is 6.19. The molecule has 2 N–H and O–H groups in total. The number of rotatable bonds is 1. The lowest BCUT2D eigenvalue weighted by Gasteiger charge is -2.47. The fourth-order valence-electron chi connectivity index (χ4n) is 3.26. The first-order valence-corrected chi connectivity index (χ1v) is 6.13. The highest BCUT2D eigenvalue weighted by Crippen LogP contribution is 2.34. The number of hydrogen-bond acceptors (Lipinski definition) is 2. The van der Waals surface area contributed by atoms with Crippen LogP contribution in [0.3, 0.4) is 0 Å². The third-order valence-corrected chi connectivity index (χ3v) is 4.15. The van der Waals surface area contributed by atoms with Crippen molar-refractivity contribution in [2.75, 3.05) is 6.54 Å². The first-order chi connectivity index (χ1) is 6.61. The van der Waals surface area contributed by atoms with Crippen molar-refractivity contribution < 1.29 is 0 Å². The van der Waals surface area contributed by atoms with E-state index in [4.69, 9.17) is 5.73 Å². The molecule has 2 unspecified atom stereocenters. The highest BCUT2D eigenvalue weighted by atomic mass is 15.2. The molecule has 14 heavy (non-hydrogen) atoms. The first kappa shape index (κ1) is 10.4. The second kappa shape index (κ2) is 3.82. The molecule has 0 radical (unpaired) electrons. The van der Waals surface area contributed by atoms with Crippen molar-refractivity contribution in [2.24, 2.45) is 5.73 Å². The molecule has 0 aromatic carbocycles. The molecule has 0 bridgehead atoms. The van der Waals surface area contributed by atoms with E-state index in [1.165, 1.54) is 45.1 Å². The van der Waals surface area contributed by atoms with E-state index in [2.05, 4.69) is 18.7 Å². The van der Waals surface area contributed by atoms with E-state index in [0.717, 1.165) is 0 Å². The van der Waals surface area contributed by atoms with Crippen LogP contribution in [-0.2, 0) is 0 Å². The van der Waals surface area contributed by atoms with Crippen LogP contribution in [0.15, 0.2) is 0 Å². The second-order valence-electron chi connectivity index (χ2n) is 5.63. The lowest BCUT2D eigenvalue weighted by atomic mass is 9.88. The van der Waals surface area contributed by atoms with E-state index < -0.39 is 0 Å². The summed E-state index contributed by atoms with van der Waals surface area (Å²) >= 11 is 0. The maximum Gasteiger partial charge on any atom is 0.0252 e. The zero-order valence-corrected chi connectivity index (χ0v) is 9.63.